The van der Waals surface area contributed by atoms with Crippen LogP contribution in [0.2, 0.25) is 0 Å². The third-order valence-electron chi connectivity index (χ3n) is 3.92. The summed E-state index contributed by atoms with van der Waals surface area (Å²) < 4.78 is 12.8. The summed E-state index contributed by atoms with van der Waals surface area (Å²) in [5.41, 5.74) is 2.65. The fourth-order valence-corrected chi connectivity index (χ4v) is 2.49. The lowest BCUT2D eigenvalue weighted by Crippen LogP contribution is -2.15. The molecule has 1 aliphatic carbocycles. The van der Waals surface area contributed by atoms with E-state index < -0.39 is 0 Å². The third-order valence-corrected chi connectivity index (χ3v) is 3.92. The lowest BCUT2D eigenvalue weighted by molar-refractivity contribution is 0.0670. The molecule has 0 aliphatic heterocycles. The van der Waals surface area contributed by atoms with Crippen LogP contribution in [-0.2, 0) is 22.6 Å². The van der Waals surface area contributed by atoms with Crippen LogP contribution in [0.4, 0.5) is 0 Å². The molecule has 0 bridgehead atoms. The van der Waals surface area contributed by atoms with Crippen molar-refractivity contribution in [3.63, 3.8) is 0 Å². The van der Waals surface area contributed by atoms with E-state index in [9.17, 15) is 0 Å². The average Bonchev–Trinajstić information content (AvgIpc) is 3.25. The molecule has 3 rings (SSSR count). The van der Waals surface area contributed by atoms with Crippen LogP contribution in [0.25, 0.3) is 10.9 Å². The summed E-state index contributed by atoms with van der Waals surface area (Å²) in [5, 5.41) is 4.86. The van der Waals surface area contributed by atoms with Crippen LogP contribution >= 0.6 is 0 Å². The SMILES string of the molecule is COCCOCCn1ccc2ccc(CNC3CC3)cc21. The maximum atomic E-state index is 5.56. The van der Waals surface area contributed by atoms with Gasteiger partial charge in [-0.25, -0.2) is 0 Å². The Bertz CT molecular complexity index is 575. The Morgan fingerprint density at radius 2 is 2.10 bits per heavy atom. The van der Waals surface area contributed by atoms with Crippen molar-refractivity contribution in [2.24, 2.45) is 0 Å². The molecule has 114 valence electrons. The standard InChI is InChI=1S/C17H24N2O2/c1-20-10-11-21-9-8-19-7-6-15-3-2-14(12-17(15)19)13-18-16-4-5-16/h2-3,6-7,12,16,18H,4-5,8-11,13H2,1H3. The van der Waals surface area contributed by atoms with E-state index in [0.717, 1.165) is 25.7 Å². The summed E-state index contributed by atoms with van der Waals surface area (Å²) >= 11 is 0. The molecule has 1 aromatic heterocycles. The highest BCUT2D eigenvalue weighted by Crippen LogP contribution is 2.21. The van der Waals surface area contributed by atoms with Crippen molar-refractivity contribution in [3.05, 3.63) is 36.0 Å². The number of aromatic nitrogens is 1. The van der Waals surface area contributed by atoms with Gasteiger partial charge < -0.3 is 19.4 Å². The summed E-state index contributed by atoms with van der Waals surface area (Å²) in [5.74, 6) is 0. The second-order valence-electron chi connectivity index (χ2n) is 5.66. The summed E-state index contributed by atoms with van der Waals surface area (Å²) in [4.78, 5) is 0. The number of fused-ring (bicyclic) bond motifs is 1. The Morgan fingerprint density at radius 3 is 2.90 bits per heavy atom. The summed E-state index contributed by atoms with van der Waals surface area (Å²) in [6.45, 7) is 3.89. The molecule has 4 heteroatoms. The van der Waals surface area contributed by atoms with Crippen LogP contribution < -0.4 is 5.32 Å². The van der Waals surface area contributed by atoms with Crippen molar-refractivity contribution in [1.82, 2.24) is 9.88 Å². The van der Waals surface area contributed by atoms with E-state index in [-0.39, 0.29) is 0 Å². The molecule has 4 nitrogen and oxygen atoms in total. The van der Waals surface area contributed by atoms with Crippen LogP contribution in [0.5, 0.6) is 0 Å². The Kier molecular flexibility index (Phi) is 4.91. The van der Waals surface area contributed by atoms with Crippen LogP contribution in [0.3, 0.4) is 0 Å². The fraction of sp³-hybridized carbons (Fsp3) is 0.529. The Hall–Kier alpha value is -1.36. The number of methoxy groups -OCH3 is 1. The largest absolute Gasteiger partial charge is 0.382 e. The fourth-order valence-electron chi connectivity index (χ4n) is 2.49. The quantitative estimate of drug-likeness (QED) is 0.720. The number of nitrogens with zero attached hydrogens (tertiary/aromatic N) is 1. The summed E-state index contributed by atoms with van der Waals surface area (Å²) in [6, 6.07) is 9.64. The number of hydrogen-bond donors (Lipinski definition) is 1. The molecule has 0 radical (unpaired) electrons. The zero-order chi connectivity index (χ0) is 14.5. The molecule has 2 aromatic rings. The molecular formula is C17H24N2O2. The molecule has 0 saturated heterocycles. The molecule has 0 spiro atoms. The van der Waals surface area contributed by atoms with Crippen molar-refractivity contribution in [2.45, 2.75) is 32.0 Å². The zero-order valence-corrected chi connectivity index (χ0v) is 12.7. The number of rotatable bonds is 9. The van der Waals surface area contributed by atoms with Crippen LogP contribution in [0.1, 0.15) is 18.4 Å². The maximum Gasteiger partial charge on any atom is 0.0701 e. The number of nitrogens with one attached hydrogen (secondary N) is 1. The minimum atomic E-state index is 0.656. The van der Waals surface area contributed by atoms with E-state index in [1.54, 1.807) is 7.11 Å². The van der Waals surface area contributed by atoms with E-state index in [2.05, 4.69) is 40.3 Å². The smallest absolute Gasteiger partial charge is 0.0701 e. The first kappa shape index (κ1) is 14.6. The predicted molar refractivity (Wildman–Crippen MR) is 84.5 cm³/mol. The van der Waals surface area contributed by atoms with Crippen LogP contribution in [0.15, 0.2) is 30.5 Å². The van der Waals surface area contributed by atoms with Gasteiger partial charge in [0, 0.05) is 38.0 Å². The summed E-state index contributed by atoms with van der Waals surface area (Å²) in [7, 11) is 1.69. The molecule has 0 atom stereocenters. The summed E-state index contributed by atoms with van der Waals surface area (Å²) in [6.07, 6.45) is 4.80. The monoisotopic (exact) mass is 288 g/mol. The molecule has 1 saturated carbocycles. The van der Waals surface area contributed by atoms with Gasteiger partial charge in [0.1, 0.15) is 0 Å². The van der Waals surface area contributed by atoms with E-state index in [0.29, 0.717) is 13.2 Å². The molecular weight excluding hydrogens is 264 g/mol. The number of hydrogen-bond acceptors (Lipinski definition) is 3. The third kappa shape index (κ3) is 4.06. The number of benzene rings is 1. The lowest BCUT2D eigenvalue weighted by Gasteiger charge is -2.08. The Labute approximate surface area is 126 Å². The van der Waals surface area contributed by atoms with Crippen molar-refractivity contribution in [3.8, 4) is 0 Å². The van der Waals surface area contributed by atoms with Gasteiger partial charge in [-0.1, -0.05) is 12.1 Å². The molecule has 1 aliphatic rings. The van der Waals surface area contributed by atoms with Gasteiger partial charge in [-0.2, -0.15) is 0 Å². The van der Waals surface area contributed by atoms with Gasteiger partial charge in [0.2, 0.25) is 0 Å². The van der Waals surface area contributed by atoms with Crippen molar-refractivity contribution < 1.29 is 9.47 Å². The normalized spacial score (nSPS) is 14.9. The topological polar surface area (TPSA) is 35.4 Å². The number of ether oxygens (including phenoxy) is 2. The first-order valence-corrected chi connectivity index (χ1v) is 7.74. The molecule has 1 N–H and O–H groups in total. The van der Waals surface area contributed by atoms with Gasteiger partial charge in [0.05, 0.1) is 19.8 Å². The molecule has 1 fully saturated rings. The lowest BCUT2D eigenvalue weighted by atomic mass is 10.1. The second kappa shape index (κ2) is 7.07. The highest BCUT2D eigenvalue weighted by Gasteiger charge is 2.19. The zero-order valence-electron chi connectivity index (χ0n) is 12.7. The minimum absolute atomic E-state index is 0.656. The van der Waals surface area contributed by atoms with E-state index in [1.165, 1.54) is 29.3 Å². The Balaban J connectivity index is 1.59. The molecule has 0 unspecified atom stereocenters. The molecule has 1 aromatic carbocycles. The van der Waals surface area contributed by atoms with Crippen LogP contribution in [0, 0.1) is 0 Å². The highest BCUT2D eigenvalue weighted by atomic mass is 16.5. The maximum absolute atomic E-state index is 5.56. The van der Waals surface area contributed by atoms with Gasteiger partial charge in [-0.15, -0.1) is 0 Å². The first-order valence-electron chi connectivity index (χ1n) is 7.74. The predicted octanol–water partition coefficient (Wildman–Crippen LogP) is 2.56. The van der Waals surface area contributed by atoms with Crippen molar-refractivity contribution >= 4 is 10.9 Å². The first-order chi connectivity index (χ1) is 10.4. The van der Waals surface area contributed by atoms with Gasteiger partial charge >= 0.3 is 0 Å². The molecule has 0 amide bonds. The van der Waals surface area contributed by atoms with Gasteiger partial charge in [0.25, 0.3) is 0 Å². The molecule has 1 heterocycles. The van der Waals surface area contributed by atoms with Gasteiger partial charge in [0.15, 0.2) is 0 Å². The van der Waals surface area contributed by atoms with E-state index in [4.69, 9.17) is 9.47 Å². The average molecular weight is 288 g/mol. The molecule has 21 heavy (non-hydrogen) atoms. The van der Waals surface area contributed by atoms with E-state index >= 15 is 0 Å². The van der Waals surface area contributed by atoms with E-state index in [1.807, 2.05) is 0 Å². The van der Waals surface area contributed by atoms with Gasteiger partial charge in [-0.05, 0) is 35.9 Å². The highest BCUT2D eigenvalue weighted by molar-refractivity contribution is 5.80. The minimum Gasteiger partial charge on any atom is -0.382 e. The van der Waals surface area contributed by atoms with Crippen LogP contribution in [-0.4, -0.2) is 37.5 Å². The second-order valence-corrected chi connectivity index (χ2v) is 5.66. The Morgan fingerprint density at radius 1 is 1.19 bits per heavy atom. The van der Waals surface area contributed by atoms with Gasteiger partial charge in [-0.3, -0.25) is 0 Å². The van der Waals surface area contributed by atoms with Crippen molar-refractivity contribution in [1.29, 1.82) is 0 Å². The van der Waals surface area contributed by atoms with Crippen molar-refractivity contribution in [2.75, 3.05) is 26.9 Å².